The molecule has 0 aliphatic carbocycles. The third-order valence-corrected chi connectivity index (χ3v) is 3.51. The molecule has 14 heavy (non-hydrogen) atoms. The van der Waals surface area contributed by atoms with Crippen LogP contribution in [-0.2, 0) is 24.5 Å². The van der Waals surface area contributed by atoms with Gasteiger partial charge in [0, 0.05) is 0 Å². The fraction of sp³-hybridized carbons (Fsp3) is 0.571. The minimum Gasteiger partial charge on any atom is -0.297 e. The number of Topliss-reactive ketones (excluding diaryl/α,β-unsaturated/α-hetero) is 3. The summed E-state index contributed by atoms with van der Waals surface area (Å²) in [5.41, 5.74) is 0. The second-order valence-corrected chi connectivity index (χ2v) is 4.39. The molecule has 6 nitrogen and oxygen atoms in total. The molecule has 0 amide bonds. The van der Waals surface area contributed by atoms with Gasteiger partial charge in [-0.1, -0.05) is 0 Å². The van der Waals surface area contributed by atoms with E-state index in [4.69, 9.17) is 4.55 Å². The molecule has 0 radical (unpaired) electrons. The SMILES string of the molecule is CC(=O)C(C(C)=O)(C(C)=O)S(=O)(=O)O. The fourth-order valence-corrected chi connectivity index (χ4v) is 2.38. The smallest absolute Gasteiger partial charge is 0.292 e. The Labute approximate surface area is 81.0 Å². The third-order valence-electron chi connectivity index (χ3n) is 1.87. The Morgan fingerprint density at radius 2 is 1.14 bits per heavy atom. The zero-order chi connectivity index (χ0) is 11.7. The zero-order valence-corrected chi connectivity index (χ0v) is 8.71. The molecule has 0 spiro atoms. The average molecular weight is 222 g/mol. The molecule has 0 rings (SSSR count). The van der Waals surface area contributed by atoms with Crippen LogP contribution in [0.25, 0.3) is 0 Å². The third kappa shape index (κ3) is 1.60. The van der Waals surface area contributed by atoms with Crippen molar-refractivity contribution in [1.82, 2.24) is 0 Å². The molecule has 0 aliphatic heterocycles. The standard InChI is InChI=1S/C7H10O6S/c1-4(8)7(5(2)9,6(3)10)14(11,12)13/h1-3H3,(H,11,12,13). The summed E-state index contributed by atoms with van der Waals surface area (Å²) in [5.74, 6) is -3.62. The Bertz CT molecular complexity index is 354. The van der Waals surface area contributed by atoms with Gasteiger partial charge in [0.05, 0.1) is 0 Å². The van der Waals surface area contributed by atoms with Gasteiger partial charge in [-0.3, -0.25) is 18.9 Å². The maximum Gasteiger partial charge on any atom is 0.292 e. The van der Waals surface area contributed by atoms with Gasteiger partial charge < -0.3 is 0 Å². The van der Waals surface area contributed by atoms with Gasteiger partial charge in [-0.2, -0.15) is 8.42 Å². The summed E-state index contributed by atoms with van der Waals surface area (Å²) in [6, 6.07) is 0. The van der Waals surface area contributed by atoms with Gasteiger partial charge in [0.25, 0.3) is 14.9 Å². The van der Waals surface area contributed by atoms with Crippen LogP contribution < -0.4 is 0 Å². The van der Waals surface area contributed by atoms with Crippen LogP contribution in [0.15, 0.2) is 0 Å². The lowest BCUT2D eigenvalue weighted by Gasteiger charge is -2.21. The second kappa shape index (κ2) is 3.58. The molecule has 0 saturated heterocycles. The molecule has 0 heterocycles. The molecule has 0 saturated carbocycles. The lowest BCUT2D eigenvalue weighted by atomic mass is 9.95. The normalized spacial score (nSPS) is 12.3. The van der Waals surface area contributed by atoms with E-state index in [1.165, 1.54) is 0 Å². The maximum absolute atomic E-state index is 11.0. The van der Waals surface area contributed by atoms with Gasteiger partial charge in [0.1, 0.15) is 0 Å². The van der Waals surface area contributed by atoms with Crippen LogP contribution in [0.5, 0.6) is 0 Å². The Balaban J connectivity index is 6.07. The molecule has 0 bridgehead atoms. The van der Waals surface area contributed by atoms with Crippen molar-refractivity contribution in [3.05, 3.63) is 0 Å². The van der Waals surface area contributed by atoms with Gasteiger partial charge in [0.2, 0.25) is 0 Å². The first-order chi connectivity index (χ1) is 6.08. The highest BCUT2D eigenvalue weighted by molar-refractivity contribution is 7.90. The Kier molecular flexibility index (Phi) is 3.31. The van der Waals surface area contributed by atoms with E-state index in [-0.39, 0.29) is 0 Å². The van der Waals surface area contributed by atoms with Crippen LogP contribution in [0, 0.1) is 0 Å². The van der Waals surface area contributed by atoms with Crippen molar-refractivity contribution in [2.24, 2.45) is 0 Å². The lowest BCUT2D eigenvalue weighted by molar-refractivity contribution is -0.135. The van der Waals surface area contributed by atoms with Crippen LogP contribution in [0.3, 0.4) is 0 Å². The highest BCUT2D eigenvalue weighted by atomic mass is 32.2. The predicted molar refractivity (Wildman–Crippen MR) is 46.3 cm³/mol. The van der Waals surface area contributed by atoms with Crippen molar-refractivity contribution in [2.75, 3.05) is 0 Å². The van der Waals surface area contributed by atoms with Crippen molar-refractivity contribution < 1.29 is 27.4 Å². The first-order valence-electron chi connectivity index (χ1n) is 3.58. The molecule has 0 fully saturated rings. The topological polar surface area (TPSA) is 106 Å². The molecule has 0 aromatic rings. The fourth-order valence-electron chi connectivity index (χ4n) is 1.29. The Hall–Kier alpha value is -1.08. The summed E-state index contributed by atoms with van der Waals surface area (Å²) in [5, 5.41) is 0. The van der Waals surface area contributed by atoms with Crippen molar-refractivity contribution in [3.8, 4) is 0 Å². The van der Waals surface area contributed by atoms with Crippen molar-refractivity contribution >= 4 is 27.5 Å². The van der Waals surface area contributed by atoms with Crippen LogP contribution >= 0.6 is 0 Å². The van der Waals surface area contributed by atoms with Gasteiger partial charge in [-0.25, -0.2) is 0 Å². The monoisotopic (exact) mass is 222 g/mol. The minimum atomic E-state index is -5.07. The van der Waals surface area contributed by atoms with E-state index in [9.17, 15) is 22.8 Å². The quantitative estimate of drug-likeness (QED) is 0.502. The number of hydrogen-bond donors (Lipinski definition) is 1. The Morgan fingerprint density at radius 1 is 0.929 bits per heavy atom. The summed E-state index contributed by atoms with van der Waals surface area (Å²) in [6.07, 6.45) is 0. The number of carbonyl (C=O) groups excluding carboxylic acids is 3. The van der Waals surface area contributed by atoms with E-state index in [0.29, 0.717) is 0 Å². The van der Waals surface area contributed by atoms with E-state index in [1.54, 1.807) is 0 Å². The van der Waals surface area contributed by atoms with Crippen LogP contribution in [0.2, 0.25) is 0 Å². The molecule has 0 aromatic heterocycles. The number of ketones is 3. The summed E-state index contributed by atoms with van der Waals surface area (Å²) < 4.78 is 27.5. The first-order valence-corrected chi connectivity index (χ1v) is 5.02. The summed E-state index contributed by atoms with van der Waals surface area (Å²) in [6.45, 7) is 2.28. The first kappa shape index (κ1) is 12.9. The highest BCUT2D eigenvalue weighted by Gasteiger charge is 2.56. The number of rotatable bonds is 4. The van der Waals surface area contributed by atoms with Crippen molar-refractivity contribution in [3.63, 3.8) is 0 Å². The summed E-state index contributed by atoms with van der Waals surface area (Å²) >= 11 is 0. The molecule has 1 N–H and O–H groups in total. The summed E-state index contributed by atoms with van der Waals surface area (Å²) in [7, 11) is -5.07. The molecule has 0 aliphatic rings. The molecule has 0 unspecified atom stereocenters. The largest absolute Gasteiger partial charge is 0.297 e. The minimum absolute atomic E-state index is 0.760. The van der Waals surface area contributed by atoms with Gasteiger partial charge >= 0.3 is 0 Å². The van der Waals surface area contributed by atoms with Gasteiger partial charge in [-0.15, -0.1) is 0 Å². The van der Waals surface area contributed by atoms with E-state index in [1.807, 2.05) is 0 Å². The lowest BCUT2D eigenvalue weighted by Crippen LogP contribution is -2.56. The second-order valence-electron chi connectivity index (χ2n) is 2.82. The van der Waals surface area contributed by atoms with E-state index in [2.05, 4.69) is 0 Å². The van der Waals surface area contributed by atoms with Gasteiger partial charge in [-0.05, 0) is 20.8 Å². The van der Waals surface area contributed by atoms with E-state index in [0.717, 1.165) is 20.8 Å². The number of hydrogen-bond acceptors (Lipinski definition) is 5. The van der Waals surface area contributed by atoms with Crippen molar-refractivity contribution in [1.29, 1.82) is 0 Å². The predicted octanol–water partition coefficient (Wildman–Crippen LogP) is -0.620. The summed E-state index contributed by atoms with van der Waals surface area (Å²) in [4.78, 5) is 33.0. The van der Waals surface area contributed by atoms with E-state index >= 15 is 0 Å². The molecular weight excluding hydrogens is 212 g/mol. The maximum atomic E-state index is 11.0. The molecule has 80 valence electrons. The highest BCUT2D eigenvalue weighted by Crippen LogP contribution is 2.20. The van der Waals surface area contributed by atoms with Crippen LogP contribution in [0.4, 0.5) is 0 Å². The van der Waals surface area contributed by atoms with Crippen LogP contribution in [-0.4, -0.2) is 35.1 Å². The number of carbonyl (C=O) groups is 3. The van der Waals surface area contributed by atoms with Crippen LogP contribution in [0.1, 0.15) is 20.8 Å². The molecule has 0 atom stereocenters. The molecule has 0 aromatic carbocycles. The average Bonchev–Trinajstić information content (AvgIpc) is 1.79. The van der Waals surface area contributed by atoms with Gasteiger partial charge in [0.15, 0.2) is 17.3 Å². The van der Waals surface area contributed by atoms with Crippen molar-refractivity contribution in [2.45, 2.75) is 25.5 Å². The molecular formula is C7H10O6S. The molecule has 7 heteroatoms. The van der Waals surface area contributed by atoms with E-state index < -0.39 is 32.2 Å². The zero-order valence-electron chi connectivity index (χ0n) is 7.90. The Morgan fingerprint density at radius 3 is 1.14 bits per heavy atom.